The minimum atomic E-state index is -0.527. The van der Waals surface area contributed by atoms with Gasteiger partial charge in [-0.25, -0.2) is 4.79 Å². The molecule has 0 bridgehead atoms. The summed E-state index contributed by atoms with van der Waals surface area (Å²) in [4.78, 5) is 33.3. The lowest BCUT2D eigenvalue weighted by Gasteiger charge is -2.35. The van der Waals surface area contributed by atoms with Crippen LogP contribution in [-0.2, 0) is 11.3 Å². The van der Waals surface area contributed by atoms with E-state index in [1.807, 2.05) is 36.4 Å². The Hall–Kier alpha value is -3.12. The number of urea groups is 1. The summed E-state index contributed by atoms with van der Waals surface area (Å²) in [6.07, 6.45) is 3.41. The van der Waals surface area contributed by atoms with E-state index in [0.29, 0.717) is 17.3 Å². The second kappa shape index (κ2) is 7.72. The molecule has 0 radical (unpaired) electrons. The average molecular weight is 409 g/mol. The maximum atomic E-state index is 13.3. The molecule has 1 aliphatic rings. The number of halogens is 1. The van der Waals surface area contributed by atoms with Gasteiger partial charge < -0.3 is 15.1 Å². The molecule has 0 saturated heterocycles. The van der Waals surface area contributed by atoms with Crippen LogP contribution in [0, 0.1) is 0 Å². The molecule has 4 rings (SSSR count). The van der Waals surface area contributed by atoms with Crippen molar-refractivity contribution in [2.45, 2.75) is 12.5 Å². The highest BCUT2D eigenvalue weighted by molar-refractivity contribution is 6.30. The molecule has 0 fully saturated rings. The summed E-state index contributed by atoms with van der Waals surface area (Å²) >= 11 is 6.20. The summed E-state index contributed by atoms with van der Waals surface area (Å²) < 4.78 is 0. The molecule has 1 aliphatic heterocycles. The number of carbonyl (C=O) groups is 2. The fourth-order valence-electron chi connectivity index (χ4n) is 3.71. The Morgan fingerprint density at radius 3 is 2.76 bits per heavy atom. The Kier molecular flexibility index (Phi) is 5.11. The van der Waals surface area contributed by atoms with Crippen LogP contribution in [0.15, 0.2) is 54.9 Å². The average Bonchev–Trinajstić information content (AvgIpc) is 2.72. The molecule has 0 aliphatic carbocycles. The number of fused-ring (bicyclic) bond motifs is 2. The van der Waals surface area contributed by atoms with E-state index in [1.54, 1.807) is 37.5 Å². The summed E-state index contributed by atoms with van der Waals surface area (Å²) in [5, 5.41) is 5.44. The van der Waals surface area contributed by atoms with Crippen molar-refractivity contribution in [3.05, 3.63) is 71.0 Å². The predicted octanol–water partition coefficient (Wildman–Crippen LogP) is 4.11. The number of carbonyl (C=O) groups excluding carboxylic acids is 2. The van der Waals surface area contributed by atoms with E-state index in [-0.39, 0.29) is 18.5 Å². The number of nitrogens with one attached hydrogen (secondary N) is 1. The van der Waals surface area contributed by atoms with Crippen LogP contribution in [0.2, 0.25) is 5.02 Å². The third-order valence-electron chi connectivity index (χ3n) is 5.14. The van der Waals surface area contributed by atoms with Crippen molar-refractivity contribution in [1.29, 1.82) is 0 Å². The summed E-state index contributed by atoms with van der Waals surface area (Å²) in [6.45, 7) is 0.734. The van der Waals surface area contributed by atoms with Crippen molar-refractivity contribution in [2.75, 3.05) is 26.0 Å². The fraction of sp³-hybridized carbons (Fsp3) is 0.227. The number of hydrogen-bond donors (Lipinski definition) is 1. The first-order valence-corrected chi connectivity index (χ1v) is 9.70. The molecule has 29 heavy (non-hydrogen) atoms. The van der Waals surface area contributed by atoms with Gasteiger partial charge in [-0.15, -0.1) is 0 Å². The van der Waals surface area contributed by atoms with Crippen LogP contribution in [0.3, 0.4) is 0 Å². The van der Waals surface area contributed by atoms with Crippen molar-refractivity contribution in [3.63, 3.8) is 0 Å². The van der Waals surface area contributed by atoms with Gasteiger partial charge in [0.1, 0.15) is 0 Å². The number of aromatic nitrogens is 1. The van der Waals surface area contributed by atoms with Crippen LogP contribution in [0.1, 0.15) is 17.0 Å². The van der Waals surface area contributed by atoms with Gasteiger partial charge in [-0.1, -0.05) is 41.9 Å². The molecule has 0 spiro atoms. The van der Waals surface area contributed by atoms with Crippen molar-refractivity contribution < 1.29 is 9.59 Å². The van der Waals surface area contributed by atoms with Crippen molar-refractivity contribution in [3.8, 4) is 0 Å². The molecular weight excluding hydrogens is 388 g/mol. The van der Waals surface area contributed by atoms with Crippen LogP contribution < -0.4 is 5.32 Å². The summed E-state index contributed by atoms with van der Waals surface area (Å²) in [7, 11) is 3.41. The zero-order valence-electron chi connectivity index (χ0n) is 16.2. The number of pyridine rings is 1. The highest BCUT2D eigenvalue weighted by Gasteiger charge is 2.33. The minimum absolute atomic E-state index is 0.129. The van der Waals surface area contributed by atoms with E-state index < -0.39 is 5.92 Å². The third-order valence-corrected chi connectivity index (χ3v) is 5.38. The Morgan fingerprint density at radius 1 is 1.17 bits per heavy atom. The maximum Gasteiger partial charge on any atom is 0.319 e. The third kappa shape index (κ3) is 3.76. The van der Waals surface area contributed by atoms with Gasteiger partial charge in [0.25, 0.3) is 0 Å². The molecule has 1 atom stereocenters. The lowest BCUT2D eigenvalue weighted by Crippen LogP contribution is -2.46. The van der Waals surface area contributed by atoms with Gasteiger partial charge in [0.2, 0.25) is 5.91 Å². The van der Waals surface area contributed by atoms with Gasteiger partial charge in [-0.2, -0.15) is 0 Å². The second-order valence-electron chi connectivity index (χ2n) is 7.35. The van der Waals surface area contributed by atoms with Crippen molar-refractivity contribution in [1.82, 2.24) is 14.8 Å². The highest BCUT2D eigenvalue weighted by Crippen LogP contribution is 2.32. The molecule has 1 N–H and O–H groups in total. The molecular formula is C22H21ClN4O2. The Bertz CT molecular complexity index is 1090. The number of rotatable bonds is 2. The number of anilines is 1. The largest absolute Gasteiger partial charge is 0.331 e. The summed E-state index contributed by atoms with van der Waals surface area (Å²) in [6, 6.07) is 13.1. The molecule has 0 unspecified atom stereocenters. The quantitative estimate of drug-likeness (QED) is 0.694. The standard InChI is InChI=1S/C22H21ClN4O2/c1-26(2)22(29)27-12-15-7-8-16(23)9-18(15)19(13-27)21(28)25-20-11-24-10-14-5-3-4-6-17(14)20/h3-11,19H,12-13H2,1-2H3,(H,25,28)/t19-/m1/s1. The molecule has 2 heterocycles. The molecule has 0 saturated carbocycles. The summed E-state index contributed by atoms with van der Waals surface area (Å²) in [5.41, 5.74) is 2.42. The first kappa shape index (κ1) is 19.2. The van der Waals surface area contributed by atoms with Crippen LogP contribution in [0.4, 0.5) is 10.5 Å². The van der Waals surface area contributed by atoms with Gasteiger partial charge in [-0.3, -0.25) is 9.78 Å². The Balaban J connectivity index is 1.69. The fourth-order valence-corrected chi connectivity index (χ4v) is 3.89. The Labute approximate surface area is 174 Å². The number of benzene rings is 2. The second-order valence-corrected chi connectivity index (χ2v) is 7.79. The van der Waals surface area contributed by atoms with Crippen LogP contribution in [0.5, 0.6) is 0 Å². The molecule has 148 valence electrons. The van der Waals surface area contributed by atoms with Gasteiger partial charge in [0, 0.05) is 49.2 Å². The van der Waals surface area contributed by atoms with E-state index in [9.17, 15) is 9.59 Å². The number of nitrogens with zero attached hydrogens (tertiary/aromatic N) is 3. The van der Waals surface area contributed by atoms with Gasteiger partial charge >= 0.3 is 6.03 Å². The van der Waals surface area contributed by atoms with E-state index in [2.05, 4.69) is 10.3 Å². The lowest BCUT2D eigenvalue weighted by molar-refractivity contribution is -0.118. The van der Waals surface area contributed by atoms with Crippen LogP contribution in [-0.4, -0.2) is 47.4 Å². The zero-order valence-corrected chi connectivity index (χ0v) is 17.0. The monoisotopic (exact) mass is 408 g/mol. The maximum absolute atomic E-state index is 13.3. The lowest BCUT2D eigenvalue weighted by atomic mass is 9.89. The first-order chi connectivity index (χ1) is 13.9. The SMILES string of the molecule is CN(C)C(=O)N1Cc2ccc(Cl)cc2[C@H](C(=O)Nc2cncc3ccccc23)C1. The molecule has 7 heteroatoms. The van der Waals surface area contributed by atoms with E-state index in [4.69, 9.17) is 11.6 Å². The number of hydrogen-bond acceptors (Lipinski definition) is 3. The van der Waals surface area contributed by atoms with E-state index in [0.717, 1.165) is 21.9 Å². The van der Waals surface area contributed by atoms with E-state index in [1.165, 1.54) is 4.90 Å². The smallest absolute Gasteiger partial charge is 0.319 e. The molecule has 6 nitrogen and oxygen atoms in total. The summed E-state index contributed by atoms with van der Waals surface area (Å²) in [5.74, 6) is -0.719. The molecule has 1 aromatic heterocycles. The molecule has 2 aromatic carbocycles. The minimum Gasteiger partial charge on any atom is -0.331 e. The molecule has 3 amide bonds. The van der Waals surface area contributed by atoms with E-state index >= 15 is 0 Å². The van der Waals surface area contributed by atoms with Crippen molar-refractivity contribution in [2.24, 2.45) is 0 Å². The first-order valence-electron chi connectivity index (χ1n) is 9.32. The van der Waals surface area contributed by atoms with Gasteiger partial charge in [0.15, 0.2) is 0 Å². The van der Waals surface area contributed by atoms with Crippen molar-refractivity contribution >= 4 is 40.0 Å². The predicted molar refractivity (Wildman–Crippen MR) is 114 cm³/mol. The van der Waals surface area contributed by atoms with Crippen LogP contribution >= 0.6 is 11.6 Å². The van der Waals surface area contributed by atoms with Gasteiger partial charge in [0.05, 0.1) is 17.8 Å². The normalized spacial score (nSPS) is 15.7. The molecule has 3 aromatic rings. The van der Waals surface area contributed by atoms with Crippen LogP contribution in [0.25, 0.3) is 10.8 Å². The van der Waals surface area contributed by atoms with Gasteiger partial charge in [-0.05, 0) is 23.3 Å². The Morgan fingerprint density at radius 2 is 1.97 bits per heavy atom. The zero-order chi connectivity index (χ0) is 20.5. The highest BCUT2D eigenvalue weighted by atomic mass is 35.5. The topological polar surface area (TPSA) is 65.5 Å². The number of amides is 3.